The first-order chi connectivity index (χ1) is 10.1. The summed E-state index contributed by atoms with van der Waals surface area (Å²) >= 11 is 0. The summed E-state index contributed by atoms with van der Waals surface area (Å²) in [5, 5.41) is 2.99. The predicted molar refractivity (Wildman–Crippen MR) is 79.8 cm³/mol. The van der Waals surface area contributed by atoms with Gasteiger partial charge in [0.1, 0.15) is 0 Å². The van der Waals surface area contributed by atoms with Crippen LogP contribution < -0.4 is 5.32 Å². The third kappa shape index (κ3) is 4.34. The molecule has 0 saturated carbocycles. The van der Waals surface area contributed by atoms with Crippen LogP contribution in [0.5, 0.6) is 0 Å². The maximum absolute atomic E-state index is 12.1. The van der Waals surface area contributed by atoms with Crippen molar-refractivity contribution in [2.24, 2.45) is 11.8 Å². The van der Waals surface area contributed by atoms with E-state index >= 15 is 0 Å². The molecule has 0 radical (unpaired) electrons. The third-order valence-corrected chi connectivity index (χ3v) is 3.91. The lowest BCUT2D eigenvalue weighted by molar-refractivity contribution is -0.126. The van der Waals surface area contributed by atoms with Crippen molar-refractivity contribution in [3.8, 4) is 0 Å². The van der Waals surface area contributed by atoms with Crippen LogP contribution in [0.4, 0.5) is 0 Å². The van der Waals surface area contributed by atoms with Crippen LogP contribution in [0.2, 0.25) is 0 Å². The van der Waals surface area contributed by atoms with Gasteiger partial charge in [-0.3, -0.25) is 9.59 Å². The summed E-state index contributed by atoms with van der Waals surface area (Å²) in [6.07, 6.45) is 3.95. The first-order valence-electron chi connectivity index (χ1n) is 7.68. The van der Waals surface area contributed by atoms with Gasteiger partial charge in [0, 0.05) is 25.6 Å². The molecule has 1 N–H and O–H groups in total. The second-order valence-corrected chi connectivity index (χ2v) is 6.02. The van der Waals surface area contributed by atoms with Crippen LogP contribution in [0, 0.1) is 11.8 Å². The monoisotopic (exact) mass is 292 g/mol. The normalized spacial score (nSPS) is 16.2. The second-order valence-electron chi connectivity index (χ2n) is 6.02. The molecular weight excluding hydrogens is 268 g/mol. The minimum Gasteiger partial charge on any atom is -0.459 e. The SMILES string of the molecule is CC(C)CCNC(=O)C1CCN(C(=O)c2ccco2)CC1. The van der Waals surface area contributed by atoms with Gasteiger partial charge in [0.15, 0.2) is 5.76 Å². The highest BCUT2D eigenvalue weighted by molar-refractivity contribution is 5.91. The molecule has 116 valence electrons. The molecule has 1 aromatic heterocycles. The van der Waals surface area contributed by atoms with Gasteiger partial charge in [-0.05, 0) is 37.3 Å². The molecule has 21 heavy (non-hydrogen) atoms. The van der Waals surface area contributed by atoms with Crippen LogP contribution in [0.15, 0.2) is 22.8 Å². The maximum atomic E-state index is 12.1. The Morgan fingerprint density at radius 2 is 2.10 bits per heavy atom. The summed E-state index contributed by atoms with van der Waals surface area (Å²) in [7, 11) is 0. The molecule has 1 saturated heterocycles. The maximum Gasteiger partial charge on any atom is 0.289 e. The summed E-state index contributed by atoms with van der Waals surface area (Å²) in [6, 6.07) is 3.38. The number of hydrogen-bond acceptors (Lipinski definition) is 3. The quantitative estimate of drug-likeness (QED) is 0.905. The van der Waals surface area contributed by atoms with Crippen LogP contribution in [-0.4, -0.2) is 36.3 Å². The van der Waals surface area contributed by atoms with E-state index in [4.69, 9.17) is 4.42 Å². The number of amides is 2. The van der Waals surface area contributed by atoms with Crippen molar-refractivity contribution in [2.75, 3.05) is 19.6 Å². The second kappa shape index (κ2) is 7.29. The summed E-state index contributed by atoms with van der Waals surface area (Å²) in [4.78, 5) is 25.9. The molecule has 2 rings (SSSR count). The molecule has 5 heteroatoms. The van der Waals surface area contributed by atoms with E-state index < -0.39 is 0 Å². The molecule has 0 atom stereocenters. The predicted octanol–water partition coefficient (Wildman–Crippen LogP) is 2.29. The van der Waals surface area contributed by atoms with Crippen LogP contribution >= 0.6 is 0 Å². The highest BCUT2D eigenvalue weighted by atomic mass is 16.3. The van der Waals surface area contributed by atoms with Crippen LogP contribution in [0.25, 0.3) is 0 Å². The zero-order valence-electron chi connectivity index (χ0n) is 12.8. The van der Waals surface area contributed by atoms with Crippen molar-refractivity contribution >= 4 is 11.8 Å². The molecule has 5 nitrogen and oxygen atoms in total. The Morgan fingerprint density at radius 1 is 1.38 bits per heavy atom. The van der Waals surface area contributed by atoms with Crippen molar-refractivity contribution in [1.29, 1.82) is 0 Å². The fourth-order valence-electron chi connectivity index (χ4n) is 2.53. The minimum atomic E-state index is -0.0846. The van der Waals surface area contributed by atoms with Crippen LogP contribution in [0.3, 0.4) is 0 Å². The Morgan fingerprint density at radius 3 is 2.67 bits per heavy atom. The number of piperidine rings is 1. The first kappa shape index (κ1) is 15.6. The van der Waals surface area contributed by atoms with Gasteiger partial charge in [-0.25, -0.2) is 0 Å². The van der Waals surface area contributed by atoms with E-state index in [9.17, 15) is 9.59 Å². The topological polar surface area (TPSA) is 62.6 Å². The van der Waals surface area contributed by atoms with Gasteiger partial charge in [-0.2, -0.15) is 0 Å². The summed E-state index contributed by atoms with van der Waals surface area (Å²) in [6.45, 7) is 6.25. The molecule has 0 spiro atoms. The van der Waals surface area contributed by atoms with Crippen molar-refractivity contribution in [1.82, 2.24) is 10.2 Å². The molecule has 0 bridgehead atoms. The molecule has 1 aromatic rings. The number of carbonyl (C=O) groups excluding carboxylic acids is 2. The first-order valence-corrected chi connectivity index (χ1v) is 7.68. The van der Waals surface area contributed by atoms with Gasteiger partial charge in [0.25, 0.3) is 5.91 Å². The van der Waals surface area contributed by atoms with Crippen molar-refractivity contribution < 1.29 is 14.0 Å². The Labute approximate surface area is 125 Å². The molecule has 0 aliphatic carbocycles. The number of nitrogens with one attached hydrogen (secondary N) is 1. The summed E-state index contributed by atoms with van der Waals surface area (Å²) in [5.74, 6) is 1.03. The molecule has 0 aromatic carbocycles. The molecule has 1 aliphatic rings. The Bertz CT molecular complexity index is 460. The van der Waals surface area contributed by atoms with E-state index in [1.165, 1.54) is 6.26 Å². The minimum absolute atomic E-state index is 0.0258. The van der Waals surface area contributed by atoms with Gasteiger partial charge in [-0.15, -0.1) is 0 Å². The zero-order chi connectivity index (χ0) is 15.2. The largest absolute Gasteiger partial charge is 0.459 e. The van der Waals surface area contributed by atoms with E-state index in [2.05, 4.69) is 19.2 Å². The Balaban J connectivity index is 1.75. The lowest BCUT2D eigenvalue weighted by atomic mass is 9.95. The summed E-state index contributed by atoms with van der Waals surface area (Å²) < 4.78 is 5.13. The van der Waals surface area contributed by atoms with Crippen LogP contribution in [-0.2, 0) is 4.79 Å². The van der Waals surface area contributed by atoms with Crippen molar-refractivity contribution in [3.05, 3.63) is 24.2 Å². The average Bonchev–Trinajstić information content (AvgIpc) is 3.00. The van der Waals surface area contributed by atoms with Gasteiger partial charge in [0.2, 0.25) is 5.91 Å². The summed E-state index contributed by atoms with van der Waals surface area (Å²) in [5.41, 5.74) is 0. The standard InChI is InChI=1S/C16H24N2O3/c1-12(2)5-8-17-15(19)13-6-9-18(10-7-13)16(20)14-4-3-11-21-14/h3-4,11-13H,5-10H2,1-2H3,(H,17,19). The van der Waals surface area contributed by atoms with Crippen molar-refractivity contribution in [3.63, 3.8) is 0 Å². The number of furan rings is 1. The number of likely N-dealkylation sites (tertiary alicyclic amines) is 1. The van der Waals surface area contributed by atoms with E-state index in [-0.39, 0.29) is 17.7 Å². The van der Waals surface area contributed by atoms with Gasteiger partial charge in [0.05, 0.1) is 6.26 Å². The van der Waals surface area contributed by atoms with E-state index in [0.29, 0.717) is 24.8 Å². The molecule has 1 fully saturated rings. The van der Waals surface area contributed by atoms with E-state index in [1.807, 2.05) is 0 Å². The van der Waals surface area contributed by atoms with E-state index in [1.54, 1.807) is 17.0 Å². The average molecular weight is 292 g/mol. The fraction of sp³-hybridized carbons (Fsp3) is 0.625. The molecule has 2 amide bonds. The number of hydrogen-bond donors (Lipinski definition) is 1. The van der Waals surface area contributed by atoms with Gasteiger partial charge in [-0.1, -0.05) is 13.8 Å². The third-order valence-electron chi connectivity index (χ3n) is 3.91. The van der Waals surface area contributed by atoms with Crippen LogP contribution in [0.1, 0.15) is 43.7 Å². The number of nitrogens with zero attached hydrogens (tertiary/aromatic N) is 1. The molecular formula is C16H24N2O3. The number of carbonyl (C=O) groups is 2. The Kier molecular flexibility index (Phi) is 5.42. The lowest BCUT2D eigenvalue weighted by Crippen LogP contribution is -2.43. The molecule has 0 unspecified atom stereocenters. The number of rotatable bonds is 5. The van der Waals surface area contributed by atoms with Crippen molar-refractivity contribution in [2.45, 2.75) is 33.1 Å². The lowest BCUT2D eigenvalue weighted by Gasteiger charge is -2.30. The highest BCUT2D eigenvalue weighted by Crippen LogP contribution is 2.19. The zero-order valence-corrected chi connectivity index (χ0v) is 12.8. The Hall–Kier alpha value is -1.78. The van der Waals surface area contributed by atoms with E-state index in [0.717, 1.165) is 25.8 Å². The van der Waals surface area contributed by atoms with Gasteiger partial charge >= 0.3 is 0 Å². The smallest absolute Gasteiger partial charge is 0.289 e. The molecule has 1 aliphatic heterocycles. The fourth-order valence-corrected chi connectivity index (χ4v) is 2.53. The highest BCUT2D eigenvalue weighted by Gasteiger charge is 2.28. The molecule has 2 heterocycles. The van der Waals surface area contributed by atoms with Gasteiger partial charge < -0.3 is 14.6 Å².